The Morgan fingerprint density at radius 3 is 2.72 bits per heavy atom. The highest BCUT2D eigenvalue weighted by molar-refractivity contribution is 7.10. The van der Waals surface area contributed by atoms with Gasteiger partial charge >= 0.3 is 6.09 Å². The van der Waals surface area contributed by atoms with E-state index in [1.807, 2.05) is 19.2 Å². The van der Waals surface area contributed by atoms with Crippen molar-refractivity contribution < 1.29 is 18.8 Å². The van der Waals surface area contributed by atoms with Gasteiger partial charge in [-0.05, 0) is 70.3 Å². The van der Waals surface area contributed by atoms with E-state index in [1.54, 1.807) is 6.07 Å². The Kier molecular flexibility index (Phi) is 6.24. The Hall–Kier alpha value is -2.06. The number of aryl methyl sites for hydroxylation is 2. The second-order valence-corrected chi connectivity index (χ2v) is 9.55. The van der Waals surface area contributed by atoms with E-state index in [2.05, 4.69) is 29.8 Å². The van der Waals surface area contributed by atoms with E-state index in [4.69, 9.17) is 5.11 Å². The monoisotopic (exact) mass is 423 g/mol. The molecule has 1 atom stereocenters. The molecule has 0 bridgehead atoms. The highest BCUT2D eigenvalue weighted by Crippen LogP contribution is 2.42. The van der Waals surface area contributed by atoms with Crippen molar-refractivity contribution >= 4 is 17.4 Å². The molecule has 1 aliphatic heterocycles. The van der Waals surface area contributed by atoms with Gasteiger partial charge in [0.1, 0.15) is 0 Å². The number of rotatable bonds is 7. The molecule has 0 radical (unpaired) electrons. The highest BCUT2D eigenvalue weighted by Gasteiger charge is 2.45. The van der Waals surface area contributed by atoms with E-state index in [0.717, 1.165) is 34.0 Å². The molecule has 0 saturated carbocycles. The number of carboxylic acid groups (broad SMARTS) is 1. The molecule has 1 aliphatic rings. The van der Waals surface area contributed by atoms with Crippen LogP contribution in [0.5, 0.6) is 0 Å². The molecule has 0 aromatic carbocycles. The molecule has 1 N–H and O–H groups in total. The summed E-state index contributed by atoms with van der Waals surface area (Å²) in [6.45, 7) is 7.26. The zero-order chi connectivity index (χ0) is 21.2. The van der Waals surface area contributed by atoms with E-state index < -0.39 is 11.5 Å². The molecule has 5 nitrogen and oxygen atoms in total. The van der Waals surface area contributed by atoms with Crippen LogP contribution in [0.1, 0.15) is 42.8 Å². The lowest BCUT2D eigenvalue weighted by Crippen LogP contribution is -2.44. The predicted octanol–water partition coefficient (Wildman–Crippen LogP) is 5.02. The summed E-state index contributed by atoms with van der Waals surface area (Å²) in [7, 11) is 0. The zero-order valence-corrected chi connectivity index (χ0v) is 17.8. The van der Waals surface area contributed by atoms with Crippen molar-refractivity contribution in [2.75, 3.05) is 19.6 Å². The van der Waals surface area contributed by atoms with E-state index in [9.17, 15) is 13.7 Å². The summed E-state index contributed by atoms with van der Waals surface area (Å²) in [5, 5.41) is 8.70. The third-order valence-corrected chi connectivity index (χ3v) is 6.99. The SMILES string of the molecule is Cc1ccc(C(C)(C)N2CC[C@@](CCc3ccc(F)s3)(CN(F)C(=O)O)C2)cn1. The van der Waals surface area contributed by atoms with Crippen molar-refractivity contribution in [3.63, 3.8) is 0 Å². The molecular weight excluding hydrogens is 396 g/mol. The maximum atomic E-state index is 14.1. The largest absolute Gasteiger partial charge is 0.463 e. The maximum absolute atomic E-state index is 14.1. The molecule has 3 rings (SSSR count). The number of pyridine rings is 1. The lowest BCUT2D eigenvalue weighted by atomic mass is 9.81. The Morgan fingerprint density at radius 1 is 1.38 bits per heavy atom. The van der Waals surface area contributed by atoms with E-state index >= 15 is 0 Å². The van der Waals surface area contributed by atoms with Gasteiger partial charge in [0.15, 0.2) is 5.13 Å². The lowest BCUT2D eigenvalue weighted by molar-refractivity contribution is -0.00720. The molecule has 2 aromatic heterocycles. The standard InChI is InChI=1S/C21H27F2N3O2S/c1-15-4-5-16(12-24-15)20(2,3)25-11-10-21(13-25,14-26(23)19(27)28)9-8-17-6-7-18(22)29-17/h4-7,12H,8-11,13-14H2,1-3H3,(H,27,28)/t21-/m1/s1. The van der Waals surface area contributed by atoms with Crippen LogP contribution in [-0.4, -0.2) is 45.8 Å². The Balaban J connectivity index is 1.79. The van der Waals surface area contributed by atoms with Crippen LogP contribution >= 0.6 is 11.3 Å². The quantitative estimate of drug-likeness (QED) is 0.636. The van der Waals surface area contributed by atoms with Gasteiger partial charge in [0.05, 0.1) is 6.54 Å². The fourth-order valence-electron chi connectivity index (χ4n) is 4.07. The molecule has 1 fully saturated rings. The summed E-state index contributed by atoms with van der Waals surface area (Å²) in [4.78, 5) is 18.7. The minimum Gasteiger partial charge on any atom is -0.463 e. The Bertz CT molecular complexity index is 856. The van der Waals surface area contributed by atoms with Crippen LogP contribution in [0.25, 0.3) is 0 Å². The third kappa shape index (κ3) is 4.93. The number of halogens is 2. The van der Waals surface area contributed by atoms with Crippen LogP contribution < -0.4 is 0 Å². The third-order valence-electron chi connectivity index (χ3n) is 6.06. The maximum Gasteiger partial charge on any atom is 0.435 e. The molecule has 0 unspecified atom stereocenters. The minimum atomic E-state index is -1.58. The number of carbonyl (C=O) groups is 1. The molecule has 8 heteroatoms. The van der Waals surface area contributed by atoms with Crippen molar-refractivity contribution in [2.24, 2.45) is 5.41 Å². The number of hydrogen-bond acceptors (Lipinski definition) is 4. The number of thiophene rings is 1. The van der Waals surface area contributed by atoms with Gasteiger partial charge in [-0.25, -0.2) is 4.79 Å². The number of likely N-dealkylation sites (tertiary alicyclic amines) is 1. The number of hydrogen-bond donors (Lipinski definition) is 1. The van der Waals surface area contributed by atoms with E-state index in [1.165, 1.54) is 6.07 Å². The molecule has 0 aliphatic carbocycles. The zero-order valence-electron chi connectivity index (χ0n) is 17.0. The highest BCUT2D eigenvalue weighted by atomic mass is 32.1. The molecule has 1 saturated heterocycles. The summed E-state index contributed by atoms with van der Waals surface area (Å²) >= 11 is 1.09. The van der Waals surface area contributed by atoms with Crippen LogP contribution in [-0.2, 0) is 12.0 Å². The number of nitrogens with zero attached hydrogens (tertiary/aromatic N) is 3. The van der Waals surface area contributed by atoms with Crippen molar-refractivity contribution in [3.8, 4) is 0 Å². The van der Waals surface area contributed by atoms with Gasteiger partial charge in [0.25, 0.3) is 0 Å². The molecular formula is C21H27F2N3O2S. The molecule has 158 valence electrons. The molecule has 0 spiro atoms. The Labute approximate surface area is 173 Å². The van der Waals surface area contributed by atoms with Gasteiger partial charge in [-0.3, -0.25) is 9.88 Å². The second-order valence-electron chi connectivity index (χ2n) is 8.43. The average molecular weight is 424 g/mol. The van der Waals surface area contributed by atoms with Crippen molar-refractivity contribution in [3.05, 3.63) is 51.7 Å². The number of amides is 1. The van der Waals surface area contributed by atoms with Crippen molar-refractivity contribution in [2.45, 2.75) is 45.6 Å². The van der Waals surface area contributed by atoms with Gasteiger partial charge in [-0.15, -0.1) is 16.5 Å². The molecule has 2 aromatic rings. The molecule has 3 heterocycles. The summed E-state index contributed by atoms with van der Waals surface area (Å²) < 4.78 is 27.4. The first-order valence-electron chi connectivity index (χ1n) is 9.70. The van der Waals surface area contributed by atoms with Gasteiger partial charge in [0, 0.05) is 34.3 Å². The first-order valence-corrected chi connectivity index (χ1v) is 10.5. The first-order chi connectivity index (χ1) is 13.6. The van der Waals surface area contributed by atoms with Gasteiger partial charge in [-0.1, -0.05) is 10.5 Å². The lowest BCUT2D eigenvalue weighted by Gasteiger charge is -2.38. The molecule has 29 heavy (non-hydrogen) atoms. The van der Waals surface area contributed by atoms with Gasteiger partial charge in [-0.2, -0.15) is 4.39 Å². The van der Waals surface area contributed by atoms with Gasteiger partial charge in [0.2, 0.25) is 0 Å². The fraction of sp³-hybridized carbons (Fsp3) is 0.524. The van der Waals surface area contributed by atoms with Crippen molar-refractivity contribution in [1.29, 1.82) is 0 Å². The van der Waals surface area contributed by atoms with E-state index in [-0.39, 0.29) is 22.3 Å². The molecule has 1 amide bonds. The normalized spacial score (nSPS) is 20.2. The number of aromatic nitrogens is 1. The average Bonchev–Trinajstić information content (AvgIpc) is 3.27. The smallest absolute Gasteiger partial charge is 0.435 e. The summed E-state index contributed by atoms with van der Waals surface area (Å²) in [6, 6.07) is 7.20. The van der Waals surface area contributed by atoms with E-state index in [0.29, 0.717) is 25.8 Å². The first kappa shape index (κ1) is 21.6. The second kappa shape index (κ2) is 8.36. The predicted molar refractivity (Wildman–Crippen MR) is 109 cm³/mol. The van der Waals surface area contributed by atoms with Crippen LogP contribution in [0.4, 0.5) is 13.7 Å². The van der Waals surface area contributed by atoms with Crippen LogP contribution in [0.15, 0.2) is 30.5 Å². The summed E-state index contributed by atoms with van der Waals surface area (Å²) in [5.74, 6) is 0. The van der Waals surface area contributed by atoms with Crippen LogP contribution in [0, 0.1) is 17.5 Å². The Morgan fingerprint density at radius 2 is 2.14 bits per heavy atom. The van der Waals surface area contributed by atoms with Crippen molar-refractivity contribution in [1.82, 2.24) is 15.0 Å². The summed E-state index contributed by atoms with van der Waals surface area (Å²) in [6.07, 6.45) is 2.16. The van der Waals surface area contributed by atoms with Crippen LogP contribution in [0.3, 0.4) is 0 Å². The fourth-order valence-corrected chi connectivity index (χ4v) is 4.80. The van der Waals surface area contributed by atoms with Gasteiger partial charge < -0.3 is 5.11 Å². The summed E-state index contributed by atoms with van der Waals surface area (Å²) in [5.41, 5.74) is 1.16. The topological polar surface area (TPSA) is 56.7 Å². The van der Waals surface area contributed by atoms with Crippen LogP contribution in [0.2, 0.25) is 0 Å². The minimum absolute atomic E-state index is 0.112.